The zero-order chi connectivity index (χ0) is 14.1. The number of rotatable bonds is 2. The minimum Gasteiger partial charge on any atom is -0.320 e. The third kappa shape index (κ3) is 2.28. The van der Waals surface area contributed by atoms with Gasteiger partial charge in [0.05, 0.1) is 11.6 Å². The van der Waals surface area contributed by atoms with E-state index in [1.807, 2.05) is 43.3 Å². The predicted octanol–water partition coefficient (Wildman–Crippen LogP) is 3.73. The molecule has 3 aromatic rings. The van der Waals surface area contributed by atoms with Gasteiger partial charge in [-0.1, -0.05) is 30.3 Å². The van der Waals surface area contributed by atoms with E-state index in [0.717, 1.165) is 27.7 Å². The monoisotopic (exact) mass is 266 g/mol. The average Bonchev–Trinajstić information content (AvgIpc) is 2.45. The number of fused-ring (bicyclic) bond motifs is 1. The molecule has 100 valence electrons. The molecule has 0 aliphatic carbocycles. The second-order valence-corrected chi connectivity index (χ2v) is 4.90. The molecular formula is C17H15FN2. The van der Waals surface area contributed by atoms with Crippen LogP contribution >= 0.6 is 0 Å². The van der Waals surface area contributed by atoms with Gasteiger partial charge in [-0.2, -0.15) is 0 Å². The summed E-state index contributed by atoms with van der Waals surface area (Å²) in [4.78, 5) is 4.50. The fourth-order valence-corrected chi connectivity index (χ4v) is 2.48. The van der Waals surface area contributed by atoms with Gasteiger partial charge in [0.2, 0.25) is 0 Å². The summed E-state index contributed by atoms with van der Waals surface area (Å²) in [5, 5.41) is 1.01. The topological polar surface area (TPSA) is 38.9 Å². The van der Waals surface area contributed by atoms with Crippen LogP contribution in [0.4, 0.5) is 4.39 Å². The van der Waals surface area contributed by atoms with Crippen molar-refractivity contribution in [2.45, 2.75) is 13.0 Å². The highest BCUT2D eigenvalue weighted by Crippen LogP contribution is 2.27. The maximum absolute atomic E-state index is 13.4. The van der Waals surface area contributed by atoms with Gasteiger partial charge in [-0.25, -0.2) is 4.39 Å². The van der Waals surface area contributed by atoms with Gasteiger partial charge in [0.1, 0.15) is 5.82 Å². The van der Waals surface area contributed by atoms with E-state index in [2.05, 4.69) is 4.98 Å². The third-order valence-corrected chi connectivity index (χ3v) is 3.42. The van der Waals surface area contributed by atoms with Crippen LogP contribution in [0.25, 0.3) is 10.9 Å². The van der Waals surface area contributed by atoms with Gasteiger partial charge >= 0.3 is 0 Å². The largest absolute Gasteiger partial charge is 0.320 e. The van der Waals surface area contributed by atoms with E-state index in [1.54, 1.807) is 6.07 Å². The first-order valence-electron chi connectivity index (χ1n) is 6.52. The second-order valence-electron chi connectivity index (χ2n) is 4.90. The van der Waals surface area contributed by atoms with Crippen molar-refractivity contribution < 1.29 is 4.39 Å². The molecule has 3 rings (SSSR count). The third-order valence-electron chi connectivity index (χ3n) is 3.42. The Morgan fingerprint density at radius 1 is 1.05 bits per heavy atom. The predicted molar refractivity (Wildman–Crippen MR) is 78.9 cm³/mol. The maximum atomic E-state index is 13.4. The van der Waals surface area contributed by atoms with Gasteiger partial charge in [0.15, 0.2) is 0 Å². The summed E-state index contributed by atoms with van der Waals surface area (Å²) in [5.41, 5.74) is 9.88. The van der Waals surface area contributed by atoms with E-state index >= 15 is 0 Å². The summed E-state index contributed by atoms with van der Waals surface area (Å²) in [5.74, 6) is -0.270. The highest BCUT2D eigenvalue weighted by atomic mass is 19.1. The number of nitrogens with two attached hydrogens (primary N) is 1. The zero-order valence-electron chi connectivity index (χ0n) is 11.2. The summed E-state index contributed by atoms with van der Waals surface area (Å²) in [7, 11) is 0. The van der Waals surface area contributed by atoms with Crippen molar-refractivity contribution in [3.8, 4) is 0 Å². The summed E-state index contributed by atoms with van der Waals surface area (Å²) < 4.78 is 13.4. The van der Waals surface area contributed by atoms with Crippen LogP contribution in [0, 0.1) is 12.7 Å². The SMILES string of the molecule is Cc1cc(C(N)c2cccc(F)c2)c2ccccc2n1. The lowest BCUT2D eigenvalue weighted by Crippen LogP contribution is -2.13. The lowest BCUT2D eigenvalue weighted by Gasteiger charge is -2.16. The van der Waals surface area contributed by atoms with Crippen LogP contribution in [0.3, 0.4) is 0 Å². The fourth-order valence-electron chi connectivity index (χ4n) is 2.48. The lowest BCUT2D eigenvalue weighted by atomic mass is 9.95. The molecule has 0 aliphatic rings. The van der Waals surface area contributed by atoms with E-state index in [0.29, 0.717) is 0 Å². The Kier molecular flexibility index (Phi) is 3.20. The zero-order valence-corrected chi connectivity index (χ0v) is 11.2. The van der Waals surface area contributed by atoms with Gasteiger partial charge in [0, 0.05) is 11.1 Å². The van der Waals surface area contributed by atoms with E-state index < -0.39 is 0 Å². The van der Waals surface area contributed by atoms with Gasteiger partial charge in [-0.3, -0.25) is 4.98 Å². The van der Waals surface area contributed by atoms with Crippen LogP contribution < -0.4 is 5.73 Å². The Morgan fingerprint density at radius 3 is 2.65 bits per heavy atom. The number of aromatic nitrogens is 1. The molecule has 0 fully saturated rings. The first-order chi connectivity index (χ1) is 9.65. The summed E-state index contributed by atoms with van der Waals surface area (Å²) in [6, 6.07) is 15.9. The lowest BCUT2D eigenvalue weighted by molar-refractivity contribution is 0.623. The number of hydrogen-bond acceptors (Lipinski definition) is 2. The molecule has 0 saturated carbocycles. The molecule has 2 N–H and O–H groups in total. The summed E-state index contributed by atoms with van der Waals surface area (Å²) in [6.07, 6.45) is 0. The first kappa shape index (κ1) is 12.8. The Labute approximate surface area is 117 Å². The van der Waals surface area contributed by atoms with Crippen LogP contribution in [-0.4, -0.2) is 4.98 Å². The first-order valence-corrected chi connectivity index (χ1v) is 6.52. The van der Waals surface area contributed by atoms with Crippen LogP contribution in [-0.2, 0) is 0 Å². The standard InChI is InChI=1S/C17H15FN2/c1-11-9-15(14-7-2-3-8-16(14)20-11)17(19)12-5-4-6-13(18)10-12/h2-10,17H,19H2,1H3. The smallest absolute Gasteiger partial charge is 0.123 e. The minimum atomic E-state index is -0.364. The molecule has 0 aliphatic heterocycles. The molecule has 0 radical (unpaired) electrons. The van der Waals surface area contributed by atoms with Gasteiger partial charge in [-0.15, -0.1) is 0 Å². The molecular weight excluding hydrogens is 251 g/mol. The van der Waals surface area contributed by atoms with Gasteiger partial charge in [-0.05, 0) is 42.3 Å². The number of benzene rings is 2. The number of halogens is 1. The Hall–Kier alpha value is -2.26. The van der Waals surface area contributed by atoms with E-state index in [9.17, 15) is 4.39 Å². The number of aryl methyl sites for hydroxylation is 1. The highest BCUT2D eigenvalue weighted by Gasteiger charge is 2.14. The maximum Gasteiger partial charge on any atom is 0.123 e. The average molecular weight is 266 g/mol. The van der Waals surface area contributed by atoms with Gasteiger partial charge in [0.25, 0.3) is 0 Å². The highest BCUT2D eigenvalue weighted by molar-refractivity contribution is 5.83. The Morgan fingerprint density at radius 2 is 1.85 bits per heavy atom. The van der Waals surface area contributed by atoms with Crippen LogP contribution in [0.5, 0.6) is 0 Å². The molecule has 0 spiro atoms. The number of para-hydroxylation sites is 1. The van der Waals surface area contributed by atoms with E-state index in [1.165, 1.54) is 12.1 Å². The van der Waals surface area contributed by atoms with Crippen molar-refractivity contribution in [2.75, 3.05) is 0 Å². The molecule has 20 heavy (non-hydrogen) atoms. The molecule has 2 aromatic carbocycles. The van der Waals surface area contributed by atoms with Gasteiger partial charge < -0.3 is 5.73 Å². The minimum absolute atomic E-state index is 0.270. The van der Waals surface area contributed by atoms with E-state index in [-0.39, 0.29) is 11.9 Å². The second kappa shape index (κ2) is 5.02. The molecule has 0 amide bonds. The molecule has 1 aromatic heterocycles. The fraction of sp³-hybridized carbons (Fsp3) is 0.118. The molecule has 2 nitrogen and oxygen atoms in total. The molecule has 0 saturated heterocycles. The molecule has 3 heteroatoms. The number of nitrogens with zero attached hydrogens (tertiary/aromatic N) is 1. The van der Waals surface area contributed by atoms with E-state index in [4.69, 9.17) is 5.73 Å². The van der Waals surface area contributed by atoms with Crippen molar-refractivity contribution >= 4 is 10.9 Å². The molecule has 1 heterocycles. The van der Waals surface area contributed by atoms with Crippen molar-refractivity contribution in [3.63, 3.8) is 0 Å². The van der Waals surface area contributed by atoms with Crippen LogP contribution in [0.2, 0.25) is 0 Å². The number of hydrogen-bond donors (Lipinski definition) is 1. The number of pyridine rings is 1. The normalized spacial score (nSPS) is 12.6. The molecule has 1 atom stereocenters. The summed E-state index contributed by atoms with van der Waals surface area (Å²) >= 11 is 0. The Bertz CT molecular complexity index is 768. The van der Waals surface area contributed by atoms with Crippen molar-refractivity contribution in [1.29, 1.82) is 0 Å². The quantitative estimate of drug-likeness (QED) is 0.767. The van der Waals surface area contributed by atoms with Crippen LogP contribution in [0.1, 0.15) is 22.9 Å². The van der Waals surface area contributed by atoms with Crippen molar-refractivity contribution in [2.24, 2.45) is 5.73 Å². The molecule has 1 unspecified atom stereocenters. The Balaban J connectivity index is 2.18. The van der Waals surface area contributed by atoms with Crippen molar-refractivity contribution in [3.05, 3.63) is 77.2 Å². The van der Waals surface area contributed by atoms with Crippen molar-refractivity contribution in [1.82, 2.24) is 4.98 Å². The van der Waals surface area contributed by atoms with Crippen LogP contribution in [0.15, 0.2) is 54.6 Å². The summed E-state index contributed by atoms with van der Waals surface area (Å²) in [6.45, 7) is 1.94. The molecule has 0 bridgehead atoms.